The molecule has 138 valence electrons. The number of thioether (sulfide) groups is 1. The maximum absolute atomic E-state index is 12.9. The number of halogens is 1. The highest BCUT2D eigenvalue weighted by atomic mass is 32.2. The molecule has 2 aromatic carbocycles. The largest absolute Gasteiger partial charge is 0.494 e. The summed E-state index contributed by atoms with van der Waals surface area (Å²) in [5, 5.41) is 5.04. The van der Waals surface area contributed by atoms with Gasteiger partial charge in [-0.1, -0.05) is 0 Å². The van der Waals surface area contributed by atoms with Crippen molar-refractivity contribution in [2.75, 3.05) is 23.0 Å². The number of carbonyl (C=O) groups excluding carboxylic acids is 2. The van der Waals surface area contributed by atoms with Crippen LogP contribution < -0.4 is 15.4 Å². The fourth-order valence-corrected chi connectivity index (χ4v) is 2.74. The van der Waals surface area contributed by atoms with Gasteiger partial charge in [0.15, 0.2) is 0 Å². The zero-order valence-electron chi connectivity index (χ0n) is 14.6. The summed E-state index contributed by atoms with van der Waals surface area (Å²) >= 11 is 1.22. The van der Waals surface area contributed by atoms with Crippen molar-refractivity contribution < 1.29 is 18.7 Å². The van der Waals surface area contributed by atoms with Crippen LogP contribution >= 0.6 is 11.8 Å². The average molecular weight is 376 g/mol. The lowest BCUT2D eigenvalue weighted by atomic mass is 10.3. The second-order valence-corrected chi connectivity index (χ2v) is 6.78. The Labute approximate surface area is 156 Å². The number of benzene rings is 2. The van der Waals surface area contributed by atoms with E-state index < -0.39 is 5.25 Å². The van der Waals surface area contributed by atoms with Crippen molar-refractivity contribution in [2.24, 2.45) is 0 Å². The van der Waals surface area contributed by atoms with Crippen LogP contribution in [0.1, 0.15) is 13.8 Å². The van der Waals surface area contributed by atoms with Crippen LogP contribution in [-0.4, -0.2) is 29.4 Å². The van der Waals surface area contributed by atoms with E-state index in [2.05, 4.69) is 10.6 Å². The highest BCUT2D eigenvalue weighted by molar-refractivity contribution is 8.01. The number of hydrogen-bond acceptors (Lipinski definition) is 4. The molecule has 5 nitrogen and oxygen atoms in total. The van der Waals surface area contributed by atoms with Gasteiger partial charge in [0.2, 0.25) is 11.8 Å². The third kappa shape index (κ3) is 6.40. The summed E-state index contributed by atoms with van der Waals surface area (Å²) in [6.45, 7) is 4.20. The number of rotatable bonds is 8. The van der Waals surface area contributed by atoms with Gasteiger partial charge in [-0.05, 0) is 62.4 Å². The van der Waals surface area contributed by atoms with Gasteiger partial charge in [-0.2, -0.15) is 0 Å². The number of amides is 2. The van der Waals surface area contributed by atoms with Crippen LogP contribution in [0.4, 0.5) is 15.8 Å². The summed E-state index contributed by atoms with van der Waals surface area (Å²) in [5.41, 5.74) is 1.19. The Morgan fingerprint density at radius 1 is 1.04 bits per heavy atom. The second-order valence-electron chi connectivity index (χ2n) is 5.45. The Morgan fingerprint density at radius 3 is 2.23 bits per heavy atom. The molecule has 7 heteroatoms. The molecule has 0 unspecified atom stereocenters. The number of hydrogen-bond donors (Lipinski definition) is 2. The summed E-state index contributed by atoms with van der Waals surface area (Å²) in [7, 11) is 0. The predicted octanol–water partition coefficient (Wildman–Crippen LogP) is 3.92. The van der Waals surface area contributed by atoms with Gasteiger partial charge in [-0.15, -0.1) is 11.8 Å². The molecule has 0 radical (unpaired) electrons. The van der Waals surface area contributed by atoms with Crippen molar-refractivity contribution in [3.05, 3.63) is 54.3 Å². The minimum absolute atomic E-state index is 0.144. The SMILES string of the molecule is CCOc1ccc(NC(=O)CS[C@H](C)C(=O)Nc2ccc(F)cc2)cc1. The minimum Gasteiger partial charge on any atom is -0.494 e. The van der Waals surface area contributed by atoms with Crippen LogP contribution in [0.2, 0.25) is 0 Å². The fourth-order valence-electron chi connectivity index (χ4n) is 2.05. The molecule has 2 aromatic rings. The van der Waals surface area contributed by atoms with E-state index in [-0.39, 0.29) is 23.4 Å². The summed E-state index contributed by atoms with van der Waals surface area (Å²) < 4.78 is 18.2. The van der Waals surface area contributed by atoms with Crippen molar-refractivity contribution in [3.8, 4) is 5.75 Å². The zero-order valence-corrected chi connectivity index (χ0v) is 15.4. The lowest BCUT2D eigenvalue weighted by Gasteiger charge is -2.12. The molecule has 2 rings (SSSR count). The van der Waals surface area contributed by atoms with E-state index in [1.807, 2.05) is 6.92 Å². The summed E-state index contributed by atoms with van der Waals surface area (Å²) in [5.74, 6) is 0.0870. The number of ether oxygens (including phenoxy) is 1. The summed E-state index contributed by atoms with van der Waals surface area (Å²) in [6.07, 6.45) is 0. The Bertz CT molecular complexity index is 735. The molecule has 0 aromatic heterocycles. The van der Waals surface area contributed by atoms with Crippen molar-refractivity contribution in [1.29, 1.82) is 0 Å². The monoisotopic (exact) mass is 376 g/mol. The van der Waals surface area contributed by atoms with E-state index in [4.69, 9.17) is 4.74 Å². The minimum atomic E-state index is -0.425. The molecule has 1 atom stereocenters. The molecule has 0 aliphatic rings. The Kier molecular flexibility index (Phi) is 7.47. The van der Waals surface area contributed by atoms with Crippen LogP contribution in [-0.2, 0) is 9.59 Å². The van der Waals surface area contributed by atoms with Gasteiger partial charge in [0.05, 0.1) is 17.6 Å². The van der Waals surface area contributed by atoms with E-state index in [1.165, 1.54) is 36.0 Å². The zero-order chi connectivity index (χ0) is 18.9. The number of anilines is 2. The fraction of sp³-hybridized carbons (Fsp3) is 0.263. The molecular formula is C19H21FN2O3S. The van der Waals surface area contributed by atoms with Gasteiger partial charge in [0.25, 0.3) is 0 Å². The van der Waals surface area contributed by atoms with E-state index in [1.54, 1.807) is 31.2 Å². The van der Waals surface area contributed by atoms with Gasteiger partial charge in [0, 0.05) is 11.4 Å². The average Bonchev–Trinajstić information content (AvgIpc) is 2.63. The normalized spacial score (nSPS) is 11.5. The predicted molar refractivity (Wildman–Crippen MR) is 103 cm³/mol. The molecule has 0 bridgehead atoms. The molecule has 0 fully saturated rings. The molecule has 26 heavy (non-hydrogen) atoms. The Morgan fingerprint density at radius 2 is 1.62 bits per heavy atom. The maximum atomic E-state index is 12.9. The van der Waals surface area contributed by atoms with Crippen LogP contribution in [0.25, 0.3) is 0 Å². The van der Waals surface area contributed by atoms with E-state index in [9.17, 15) is 14.0 Å². The molecule has 0 aliphatic heterocycles. The van der Waals surface area contributed by atoms with Crippen LogP contribution in [0.15, 0.2) is 48.5 Å². The van der Waals surface area contributed by atoms with Crippen molar-refractivity contribution >= 4 is 35.0 Å². The van der Waals surface area contributed by atoms with Crippen LogP contribution in [0.3, 0.4) is 0 Å². The lowest BCUT2D eigenvalue weighted by molar-refractivity contribution is -0.115. The highest BCUT2D eigenvalue weighted by Crippen LogP contribution is 2.18. The van der Waals surface area contributed by atoms with E-state index in [0.717, 1.165) is 5.75 Å². The first-order chi connectivity index (χ1) is 12.5. The molecule has 0 aliphatic carbocycles. The van der Waals surface area contributed by atoms with Gasteiger partial charge in [0.1, 0.15) is 11.6 Å². The first-order valence-corrected chi connectivity index (χ1v) is 9.23. The molecule has 0 spiro atoms. The van der Waals surface area contributed by atoms with Crippen molar-refractivity contribution in [2.45, 2.75) is 19.1 Å². The topological polar surface area (TPSA) is 67.4 Å². The highest BCUT2D eigenvalue weighted by Gasteiger charge is 2.15. The summed E-state index contributed by atoms with van der Waals surface area (Å²) in [4.78, 5) is 24.1. The number of nitrogens with one attached hydrogen (secondary N) is 2. The van der Waals surface area contributed by atoms with Gasteiger partial charge in [-0.25, -0.2) is 4.39 Å². The third-order valence-electron chi connectivity index (χ3n) is 3.39. The smallest absolute Gasteiger partial charge is 0.237 e. The molecule has 2 amide bonds. The quantitative estimate of drug-likeness (QED) is 0.733. The Balaban J connectivity index is 1.76. The molecule has 0 saturated carbocycles. The van der Waals surface area contributed by atoms with Gasteiger partial charge >= 0.3 is 0 Å². The maximum Gasteiger partial charge on any atom is 0.237 e. The van der Waals surface area contributed by atoms with E-state index in [0.29, 0.717) is 18.0 Å². The van der Waals surface area contributed by atoms with Gasteiger partial charge in [-0.3, -0.25) is 9.59 Å². The first-order valence-electron chi connectivity index (χ1n) is 8.18. The molecular weight excluding hydrogens is 355 g/mol. The van der Waals surface area contributed by atoms with Gasteiger partial charge < -0.3 is 15.4 Å². The molecule has 0 heterocycles. The summed E-state index contributed by atoms with van der Waals surface area (Å²) in [6, 6.07) is 12.6. The standard InChI is InChI=1S/C19H21FN2O3S/c1-3-25-17-10-8-15(9-11-17)21-18(23)12-26-13(2)19(24)22-16-6-4-14(20)5-7-16/h4-11,13H,3,12H2,1-2H3,(H,21,23)(H,22,24)/t13-/m1/s1. The Hall–Kier alpha value is -2.54. The first kappa shape index (κ1) is 19.8. The lowest BCUT2D eigenvalue weighted by Crippen LogP contribution is -2.25. The number of carbonyl (C=O) groups is 2. The molecule has 0 saturated heterocycles. The van der Waals surface area contributed by atoms with Crippen molar-refractivity contribution in [3.63, 3.8) is 0 Å². The molecule has 2 N–H and O–H groups in total. The van der Waals surface area contributed by atoms with Crippen molar-refractivity contribution in [1.82, 2.24) is 0 Å². The third-order valence-corrected chi connectivity index (χ3v) is 4.54. The van der Waals surface area contributed by atoms with E-state index >= 15 is 0 Å². The second kappa shape index (κ2) is 9.82. The van der Waals surface area contributed by atoms with Crippen LogP contribution in [0, 0.1) is 5.82 Å². The van der Waals surface area contributed by atoms with Crippen LogP contribution in [0.5, 0.6) is 5.75 Å².